The maximum Gasteiger partial charge on any atom is 0.252 e. The summed E-state index contributed by atoms with van der Waals surface area (Å²) in [5.41, 5.74) is 0.656. The third kappa shape index (κ3) is 2.26. The number of hydrogen-bond acceptors (Lipinski definition) is 3. The van der Waals surface area contributed by atoms with E-state index in [1.54, 1.807) is 31.4 Å². The number of aromatic hydroxyl groups is 1. The van der Waals surface area contributed by atoms with Gasteiger partial charge in [-0.05, 0) is 17.7 Å². The average molecular weight is 252 g/mol. The molecule has 0 amide bonds. The second kappa shape index (κ2) is 4.51. The maximum absolute atomic E-state index is 11.1. The lowest BCUT2D eigenvalue weighted by molar-refractivity contribution is 0.415. The van der Waals surface area contributed by atoms with Crippen LogP contribution in [-0.4, -0.2) is 17.2 Å². The fourth-order valence-corrected chi connectivity index (χ4v) is 1.85. The summed E-state index contributed by atoms with van der Waals surface area (Å²) in [6.45, 7) is 0. The lowest BCUT2D eigenvalue weighted by Gasteiger charge is -2.07. The van der Waals surface area contributed by atoms with Crippen LogP contribution in [-0.2, 0) is 0 Å². The minimum Gasteiger partial charge on any atom is -0.507 e. The van der Waals surface area contributed by atoms with Gasteiger partial charge in [-0.15, -0.1) is 0 Å². The number of rotatable bonds is 2. The van der Waals surface area contributed by atoms with Gasteiger partial charge in [0, 0.05) is 6.07 Å². The number of halogens is 1. The second-order valence-corrected chi connectivity index (χ2v) is 3.81. The smallest absolute Gasteiger partial charge is 0.252 e. The van der Waals surface area contributed by atoms with Gasteiger partial charge in [-0.2, -0.15) is 0 Å². The number of H-pyrrole nitrogens is 1. The van der Waals surface area contributed by atoms with Crippen LogP contribution in [0.25, 0.3) is 11.1 Å². The van der Waals surface area contributed by atoms with Crippen molar-refractivity contribution >= 4 is 11.6 Å². The van der Waals surface area contributed by atoms with Crippen molar-refractivity contribution in [3.8, 4) is 22.6 Å². The summed E-state index contributed by atoms with van der Waals surface area (Å²) in [6.07, 6.45) is 0. The van der Waals surface area contributed by atoms with Crippen molar-refractivity contribution in [2.45, 2.75) is 0 Å². The van der Waals surface area contributed by atoms with Gasteiger partial charge >= 0.3 is 0 Å². The Balaban J connectivity index is 2.56. The summed E-state index contributed by atoms with van der Waals surface area (Å²) in [5.74, 6) is 0.553. The molecule has 1 aromatic heterocycles. The molecule has 0 spiro atoms. The highest BCUT2D eigenvalue weighted by Crippen LogP contribution is 2.33. The van der Waals surface area contributed by atoms with E-state index in [0.717, 1.165) is 6.07 Å². The minimum absolute atomic E-state index is 0.111. The number of nitrogens with one attached hydrogen (secondary N) is 1. The highest BCUT2D eigenvalue weighted by atomic mass is 35.5. The zero-order valence-corrected chi connectivity index (χ0v) is 9.78. The number of pyridine rings is 1. The monoisotopic (exact) mass is 251 g/mol. The predicted octanol–water partition coefficient (Wildman–Crippen LogP) is 2.41. The molecule has 0 unspecified atom stereocenters. The summed E-state index contributed by atoms with van der Waals surface area (Å²) in [5, 5.41) is 9.83. The van der Waals surface area contributed by atoms with E-state index in [-0.39, 0.29) is 10.9 Å². The average Bonchev–Trinajstić information content (AvgIpc) is 2.28. The summed E-state index contributed by atoms with van der Waals surface area (Å²) in [4.78, 5) is 13.5. The van der Waals surface area contributed by atoms with Gasteiger partial charge in [0.05, 0.1) is 12.7 Å². The molecule has 0 aliphatic rings. The number of hydrogen-bond donors (Lipinski definition) is 2. The third-order valence-electron chi connectivity index (χ3n) is 2.36. The summed E-state index contributed by atoms with van der Waals surface area (Å²) in [7, 11) is 1.57. The van der Waals surface area contributed by atoms with Gasteiger partial charge < -0.3 is 14.8 Å². The molecule has 0 aliphatic heterocycles. The summed E-state index contributed by atoms with van der Waals surface area (Å²) >= 11 is 5.90. The van der Waals surface area contributed by atoms with Crippen molar-refractivity contribution in [2.75, 3.05) is 7.11 Å². The Hall–Kier alpha value is -1.94. The van der Waals surface area contributed by atoms with Gasteiger partial charge in [-0.1, -0.05) is 23.7 Å². The molecule has 0 aliphatic carbocycles. The largest absolute Gasteiger partial charge is 0.507 e. The molecule has 1 heterocycles. The van der Waals surface area contributed by atoms with E-state index < -0.39 is 5.56 Å². The fraction of sp³-hybridized carbons (Fsp3) is 0.0833. The van der Waals surface area contributed by atoms with Crippen LogP contribution in [0.1, 0.15) is 0 Å². The van der Waals surface area contributed by atoms with Crippen LogP contribution in [0.3, 0.4) is 0 Å². The number of methoxy groups -OCH3 is 1. The Morgan fingerprint density at radius 2 is 1.94 bits per heavy atom. The first-order chi connectivity index (χ1) is 8.11. The predicted molar refractivity (Wildman–Crippen MR) is 65.7 cm³/mol. The molecule has 2 rings (SSSR count). The van der Waals surface area contributed by atoms with Crippen LogP contribution in [0.2, 0.25) is 5.15 Å². The van der Waals surface area contributed by atoms with Crippen LogP contribution in [0.15, 0.2) is 35.1 Å². The molecule has 5 heteroatoms. The lowest BCUT2D eigenvalue weighted by atomic mass is 10.1. The minimum atomic E-state index is -0.440. The quantitative estimate of drug-likeness (QED) is 0.806. The number of aromatic nitrogens is 1. The van der Waals surface area contributed by atoms with E-state index in [0.29, 0.717) is 16.9 Å². The standard InChI is InChI=1S/C12H10ClNO3/c1-17-8-4-2-7(3-5-8)11-9(15)6-10(16)14-12(11)13/h2-6H,1H3,(H2,14,15,16). The first-order valence-electron chi connectivity index (χ1n) is 4.88. The van der Waals surface area contributed by atoms with Gasteiger partial charge in [-0.25, -0.2) is 0 Å². The van der Waals surface area contributed by atoms with Crippen LogP contribution in [0.5, 0.6) is 11.5 Å². The van der Waals surface area contributed by atoms with E-state index in [4.69, 9.17) is 16.3 Å². The van der Waals surface area contributed by atoms with Crippen LogP contribution < -0.4 is 10.3 Å². The Bertz CT molecular complexity index is 563. The number of ether oxygens (including phenoxy) is 1. The van der Waals surface area contributed by atoms with E-state index in [9.17, 15) is 9.90 Å². The molecule has 2 N–H and O–H groups in total. The molecule has 88 valence electrons. The van der Waals surface area contributed by atoms with Gasteiger partial charge in [-0.3, -0.25) is 4.79 Å². The number of benzene rings is 1. The summed E-state index contributed by atoms with van der Waals surface area (Å²) in [6, 6.07) is 8.08. The first kappa shape index (κ1) is 11.5. The van der Waals surface area contributed by atoms with Crippen molar-refractivity contribution < 1.29 is 9.84 Å². The Morgan fingerprint density at radius 3 is 2.47 bits per heavy atom. The topological polar surface area (TPSA) is 62.3 Å². The Kier molecular flexibility index (Phi) is 3.06. The van der Waals surface area contributed by atoms with Crippen molar-refractivity contribution in [1.29, 1.82) is 0 Å². The fourth-order valence-electron chi connectivity index (χ4n) is 1.55. The molecular formula is C12H10ClNO3. The molecule has 0 bridgehead atoms. The van der Waals surface area contributed by atoms with Crippen molar-refractivity contribution in [1.82, 2.24) is 4.98 Å². The molecule has 2 aromatic rings. The van der Waals surface area contributed by atoms with Gasteiger partial charge in [0.25, 0.3) is 5.56 Å². The molecule has 0 fully saturated rings. The van der Waals surface area contributed by atoms with Crippen LogP contribution in [0, 0.1) is 0 Å². The maximum atomic E-state index is 11.1. The molecule has 17 heavy (non-hydrogen) atoms. The Morgan fingerprint density at radius 1 is 1.29 bits per heavy atom. The zero-order chi connectivity index (χ0) is 12.4. The molecule has 0 saturated heterocycles. The van der Waals surface area contributed by atoms with Crippen LogP contribution in [0.4, 0.5) is 0 Å². The Labute approximate surface area is 102 Å². The van der Waals surface area contributed by atoms with Crippen molar-refractivity contribution in [2.24, 2.45) is 0 Å². The van der Waals surface area contributed by atoms with E-state index >= 15 is 0 Å². The molecule has 0 atom stereocenters. The third-order valence-corrected chi connectivity index (χ3v) is 2.64. The zero-order valence-electron chi connectivity index (χ0n) is 9.03. The van der Waals surface area contributed by atoms with Crippen molar-refractivity contribution in [3.63, 3.8) is 0 Å². The molecule has 0 saturated carbocycles. The summed E-state index contributed by atoms with van der Waals surface area (Å²) < 4.78 is 5.03. The van der Waals surface area contributed by atoms with E-state index in [2.05, 4.69) is 4.98 Å². The highest BCUT2D eigenvalue weighted by molar-refractivity contribution is 6.32. The van der Waals surface area contributed by atoms with Crippen LogP contribution >= 0.6 is 11.6 Å². The molecular weight excluding hydrogens is 242 g/mol. The highest BCUT2D eigenvalue weighted by Gasteiger charge is 2.10. The SMILES string of the molecule is COc1ccc(-c2c(O)cc(=O)[nH]c2Cl)cc1. The van der Waals surface area contributed by atoms with E-state index in [1.165, 1.54) is 0 Å². The van der Waals surface area contributed by atoms with Gasteiger partial charge in [0.2, 0.25) is 0 Å². The normalized spacial score (nSPS) is 10.2. The van der Waals surface area contributed by atoms with E-state index in [1.807, 2.05) is 0 Å². The second-order valence-electron chi connectivity index (χ2n) is 3.44. The molecule has 0 radical (unpaired) electrons. The van der Waals surface area contributed by atoms with Crippen molar-refractivity contribution in [3.05, 3.63) is 45.8 Å². The lowest BCUT2D eigenvalue weighted by Crippen LogP contribution is -2.04. The first-order valence-corrected chi connectivity index (χ1v) is 5.26. The number of aromatic amines is 1. The molecule has 1 aromatic carbocycles. The van der Waals surface area contributed by atoms with Gasteiger partial charge in [0.15, 0.2) is 0 Å². The molecule has 4 nitrogen and oxygen atoms in total. The van der Waals surface area contributed by atoms with Gasteiger partial charge in [0.1, 0.15) is 16.7 Å².